The number of amides is 1. The fourth-order valence-electron chi connectivity index (χ4n) is 5.28. The van der Waals surface area contributed by atoms with Crippen molar-refractivity contribution >= 4 is 5.91 Å². The minimum atomic E-state index is -0.0323. The average Bonchev–Trinajstić information content (AvgIpc) is 3.69. The van der Waals surface area contributed by atoms with Gasteiger partial charge in [-0.1, -0.05) is 61.9 Å². The predicted molar refractivity (Wildman–Crippen MR) is 150 cm³/mol. The molecule has 0 radical (unpaired) electrons. The third-order valence-electron chi connectivity index (χ3n) is 7.48. The number of benzene rings is 2. The number of carbonyl (C=O) groups is 1. The number of unbranched alkanes of at least 4 members (excludes halogenated alkanes) is 1. The molecule has 1 N–H and O–H groups in total. The van der Waals surface area contributed by atoms with Crippen molar-refractivity contribution in [2.75, 3.05) is 13.1 Å². The van der Waals surface area contributed by atoms with Crippen LogP contribution in [0.3, 0.4) is 0 Å². The van der Waals surface area contributed by atoms with E-state index in [1.165, 1.54) is 0 Å². The Kier molecular flexibility index (Phi) is 8.24. The summed E-state index contributed by atoms with van der Waals surface area (Å²) in [6.07, 6.45) is 5.63. The molecule has 0 bridgehead atoms. The van der Waals surface area contributed by atoms with Crippen LogP contribution >= 0.6 is 0 Å². The van der Waals surface area contributed by atoms with Gasteiger partial charge in [0.2, 0.25) is 5.91 Å². The van der Waals surface area contributed by atoms with Gasteiger partial charge in [-0.25, -0.2) is 10.1 Å². The van der Waals surface area contributed by atoms with E-state index in [-0.39, 0.29) is 11.5 Å². The number of aromatic nitrogens is 6. The molecule has 0 atom stereocenters. The maximum absolute atomic E-state index is 13.8. The number of likely N-dealkylation sites (tertiary alicyclic amines) is 1. The Morgan fingerprint density at radius 1 is 1.00 bits per heavy atom. The van der Waals surface area contributed by atoms with E-state index in [1.54, 1.807) is 0 Å². The zero-order valence-corrected chi connectivity index (χ0v) is 22.7. The quantitative estimate of drug-likeness (QED) is 0.330. The molecule has 3 heterocycles. The molecule has 5 rings (SSSR count). The van der Waals surface area contributed by atoms with Crippen molar-refractivity contribution in [3.05, 3.63) is 81.5 Å². The molecule has 4 aromatic rings. The van der Waals surface area contributed by atoms with E-state index >= 15 is 0 Å². The summed E-state index contributed by atoms with van der Waals surface area (Å²) < 4.78 is 1.81. The number of hydrogen-bond acceptors (Lipinski definition) is 6. The van der Waals surface area contributed by atoms with Gasteiger partial charge in [0.1, 0.15) is 5.82 Å². The molecule has 1 amide bonds. The van der Waals surface area contributed by atoms with Crippen molar-refractivity contribution in [2.24, 2.45) is 0 Å². The maximum atomic E-state index is 13.8. The molecule has 1 saturated heterocycles. The minimum absolute atomic E-state index is 0.0323. The number of H-pyrrole nitrogens is 1. The lowest BCUT2D eigenvalue weighted by molar-refractivity contribution is -0.130. The molecular formula is C30H35N7O2. The van der Waals surface area contributed by atoms with E-state index in [0.717, 1.165) is 79.0 Å². The largest absolute Gasteiger partial charge is 0.343 e. The van der Waals surface area contributed by atoms with Gasteiger partial charge in [-0.05, 0) is 59.7 Å². The predicted octanol–water partition coefficient (Wildman–Crippen LogP) is 4.34. The standard InChI is InChI=1S/C30H35N7O2/c1-3-4-11-27-31-21(2)24(16-17-28(38)36-18-7-8-19-36)30(39)37(27)20-22-12-14-23(15-13-22)25-9-5-6-10-26(25)29-32-34-35-33-29/h5-6,9-10,12-15H,3-4,7-8,11,16-20H2,1-2H3,(H,32,33,34,35). The number of aromatic amines is 1. The lowest BCUT2D eigenvalue weighted by Crippen LogP contribution is -2.32. The average molecular weight is 526 g/mol. The summed E-state index contributed by atoms with van der Waals surface area (Å²) in [5, 5.41) is 14.3. The molecule has 1 aliphatic heterocycles. The van der Waals surface area contributed by atoms with Gasteiger partial charge in [0.15, 0.2) is 5.82 Å². The van der Waals surface area contributed by atoms with Crippen molar-refractivity contribution in [3.8, 4) is 22.5 Å². The maximum Gasteiger partial charge on any atom is 0.257 e. The Morgan fingerprint density at radius 3 is 2.44 bits per heavy atom. The van der Waals surface area contributed by atoms with Crippen molar-refractivity contribution in [1.29, 1.82) is 0 Å². The summed E-state index contributed by atoms with van der Waals surface area (Å²) in [5.41, 5.74) is 5.35. The first-order valence-corrected chi connectivity index (χ1v) is 13.8. The molecular weight excluding hydrogens is 490 g/mol. The highest BCUT2D eigenvalue weighted by atomic mass is 16.2. The second-order valence-electron chi connectivity index (χ2n) is 10.2. The van der Waals surface area contributed by atoms with Gasteiger partial charge in [-0.3, -0.25) is 14.2 Å². The van der Waals surface area contributed by atoms with E-state index in [9.17, 15) is 9.59 Å². The van der Waals surface area contributed by atoms with Crippen molar-refractivity contribution in [1.82, 2.24) is 35.1 Å². The first-order chi connectivity index (χ1) is 19.0. The molecule has 1 fully saturated rings. The van der Waals surface area contributed by atoms with Gasteiger partial charge in [0, 0.05) is 42.8 Å². The molecule has 0 aliphatic carbocycles. The molecule has 2 aromatic heterocycles. The summed E-state index contributed by atoms with van der Waals surface area (Å²) in [5.74, 6) is 1.55. The summed E-state index contributed by atoms with van der Waals surface area (Å²) in [6.45, 7) is 6.12. The Hall–Kier alpha value is -4.14. The second kappa shape index (κ2) is 12.1. The smallest absolute Gasteiger partial charge is 0.257 e. The van der Waals surface area contributed by atoms with Crippen LogP contribution in [0.2, 0.25) is 0 Å². The van der Waals surface area contributed by atoms with E-state index < -0.39 is 0 Å². The topological polar surface area (TPSA) is 110 Å². The number of nitrogens with zero attached hydrogens (tertiary/aromatic N) is 6. The number of hydrogen-bond donors (Lipinski definition) is 1. The number of tetrazole rings is 1. The van der Waals surface area contributed by atoms with Crippen LogP contribution in [0, 0.1) is 6.92 Å². The SMILES string of the molecule is CCCCc1nc(C)c(CCC(=O)N2CCCC2)c(=O)n1Cc1ccc(-c2ccccc2-c2nnn[nH]2)cc1. The molecule has 2 aromatic carbocycles. The summed E-state index contributed by atoms with van der Waals surface area (Å²) in [7, 11) is 0. The van der Waals surface area contributed by atoms with Crippen molar-refractivity contribution in [2.45, 2.75) is 65.3 Å². The van der Waals surface area contributed by atoms with E-state index in [1.807, 2.05) is 40.7 Å². The Bertz CT molecular complexity index is 1470. The zero-order valence-electron chi connectivity index (χ0n) is 22.7. The number of rotatable bonds is 10. The number of nitrogens with one attached hydrogen (secondary N) is 1. The lowest BCUT2D eigenvalue weighted by Gasteiger charge is -2.18. The van der Waals surface area contributed by atoms with E-state index in [4.69, 9.17) is 4.98 Å². The molecule has 0 spiro atoms. The van der Waals surface area contributed by atoms with Crippen molar-refractivity contribution in [3.63, 3.8) is 0 Å². The fourth-order valence-corrected chi connectivity index (χ4v) is 5.28. The summed E-state index contributed by atoms with van der Waals surface area (Å²) in [4.78, 5) is 33.2. The molecule has 9 heteroatoms. The fraction of sp³-hybridized carbons (Fsp3) is 0.400. The highest BCUT2D eigenvalue weighted by Gasteiger charge is 2.20. The van der Waals surface area contributed by atoms with Crippen LogP contribution < -0.4 is 5.56 Å². The number of aryl methyl sites for hydroxylation is 2. The van der Waals surface area contributed by atoms with E-state index in [0.29, 0.717) is 30.8 Å². The Balaban J connectivity index is 1.41. The molecule has 9 nitrogen and oxygen atoms in total. The Labute approximate surface area is 228 Å². The third kappa shape index (κ3) is 5.97. The number of carbonyl (C=O) groups excluding carboxylic acids is 1. The van der Waals surface area contributed by atoms with Crippen LogP contribution in [0.15, 0.2) is 53.3 Å². The molecule has 1 aliphatic rings. The van der Waals surface area contributed by atoms with Crippen LogP contribution in [0.25, 0.3) is 22.5 Å². The van der Waals surface area contributed by atoms with Crippen LogP contribution in [0.1, 0.15) is 61.7 Å². The van der Waals surface area contributed by atoms with Gasteiger partial charge >= 0.3 is 0 Å². The van der Waals surface area contributed by atoms with Gasteiger partial charge in [-0.15, -0.1) is 5.10 Å². The van der Waals surface area contributed by atoms with Crippen LogP contribution in [-0.2, 0) is 24.2 Å². The summed E-state index contributed by atoms with van der Waals surface area (Å²) in [6, 6.07) is 16.2. The first kappa shape index (κ1) is 26.5. The highest BCUT2D eigenvalue weighted by Crippen LogP contribution is 2.29. The first-order valence-electron chi connectivity index (χ1n) is 13.8. The summed E-state index contributed by atoms with van der Waals surface area (Å²) >= 11 is 0. The van der Waals surface area contributed by atoms with Gasteiger partial charge in [0.05, 0.1) is 6.54 Å². The van der Waals surface area contributed by atoms with Crippen LogP contribution in [0.5, 0.6) is 0 Å². The van der Waals surface area contributed by atoms with Crippen molar-refractivity contribution < 1.29 is 4.79 Å². The molecule has 39 heavy (non-hydrogen) atoms. The second-order valence-corrected chi connectivity index (χ2v) is 10.2. The highest BCUT2D eigenvalue weighted by molar-refractivity contribution is 5.80. The molecule has 0 saturated carbocycles. The zero-order chi connectivity index (χ0) is 27.2. The molecule has 0 unspecified atom stereocenters. The van der Waals surface area contributed by atoms with E-state index in [2.05, 4.69) is 51.8 Å². The van der Waals surface area contributed by atoms with Crippen LogP contribution in [0.4, 0.5) is 0 Å². The minimum Gasteiger partial charge on any atom is -0.343 e. The Morgan fingerprint density at radius 2 is 1.74 bits per heavy atom. The molecule has 202 valence electrons. The van der Waals surface area contributed by atoms with Crippen LogP contribution in [-0.4, -0.2) is 54.1 Å². The van der Waals surface area contributed by atoms with Gasteiger partial charge in [-0.2, -0.15) is 0 Å². The lowest BCUT2D eigenvalue weighted by atomic mass is 9.98. The van der Waals surface area contributed by atoms with Gasteiger partial charge in [0.25, 0.3) is 5.56 Å². The monoisotopic (exact) mass is 525 g/mol. The van der Waals surface area contributed by atoms with Gasteiger partial charge < -0.3 is 4.90 Å². The normalized spacial score (nSPS) is 13.2. The third-order valence-corrected chi connectivity index (χ3v) is 7.48.